The summed E-state index contributed by atoms with van der Waals surface area (Å²) < 4.78 is 0. The first kappa shape index (κ1) is 10.5. The van der Waals surface area contributed by atoms with E-state index in [1.165, 1.54) is 6.07 Å². The fourth-order valence-corrected chi connectivity index (χ4v) is 1.27. The van der Waals surface area contributed by atoms with E-state index < -0.39 is 12.2 Å². The molecular weight excluding hydrogens is 180 g/mol. The van der Waals surface area contributed by atoms with Crippen molar-refractivity contribution in [2.75, 3.05) is 5.73 Å². The van der Waals surface area contributed by atoms with Gasteiger partial charge in [0.1, 0.15) is 6.10 Å². The number of nitrogens with two attached hydrogens (primary N) is 1. The number of aliphatic hydroxyl groups is 2. The van der Waals surface area contributed by atoms with Crippen LogP contribution in [0.25, 0.3) is 0 Å². The second kappa shape index (κ2) is 4.09. The highest BCUT2D eigenvalue weighted by atomic mass is 16.3. The highest BCUT2D eigenvalue weighted by Crippen LogP contribution is 2.20. The molecule has 0 radical (unpaired) electrons. The zero-order valence-corrected chi connectivity index (χ0v) is 7.81. The van der Waals surface area contributed by atoms with Crippen LogP contribution >= 0.6 is 0 Å². The van der Waals surface area contributed by atoms with Crippen molar-refractivity contribution < 1.29 is 10.2 Å². The predicted molar refractivity (Wildman–Crippen MR) is 52.2 cm³/mol. The van der Waals surface area contributed by atoms with Crippen molar-refractivity contribution in [3.05, 3.63) is 29.3 Å². The average Bonchev–Trinajstić information content (AvgIpc) is 2.14. The Morgan fingerprint density at radius 1 is 1.36 bits per heavy atom. The van der Waals surface area contributed by atoms with Crippen molar-refractivity contribution in [2.24, 2.45) is 0 Å². The second-order valence-electron chi connectivity index (χ2n) is 3.20. The Morgan fingerprint density at radius 2 is 2.00 bits per heavy atom. The molecule has 1 aromatic rings. The number of hydrogen-bond donors (Lipinski definition) is 3. The first-order valence-corrected chi connectivity index (χ1v) is 4.17. The third kappa shape index (κ3) is 2.22. The third-order valence-corrected chi connectivity index (χ3v) is 1.89. The molecule has 0 amide bonds. The molecule has 0 bridgehead atoms. The topological polar surface area (TPSA) is 90.3 Å². The Labute approximate surface area is 82.2 Å². The van der Waals surface area contributed by atoms with Gasteiger partial charge in [-0.05, 0) is 30.2 Å². The van der Waals surface area contributed by atoms with E-state index in [9.17, 15) is 5.11 Å². The second-order valence-corrected chi connectivity index (χ2v) is 3.20. The molecule has 14 heavy (non-hydrogen) atoms. The van der Waals surface area contributed by atoms with E-state index in [1.54, 1.807) is 18.2 Å². The van der Waals surface area contributed by atoms with E-state index in [4.69, 9.17) is 16.1 Å². The minimum atomic E-state index is -1.42. The van der Waals surface area contributed by atoms with Crippen LogP contribution < -0.4 is 5.73 Å². The lowest BCUT2D eigenvalue weighted by Gasteiger charge is -2.13. The zero-order valence-electron chi connectivity index (χ0n) is 7.81. The maximum Gasteiger partial charge on any atom is 0.170 e. The molecule has 0 aliphatic heterocycles. The minimum absolute atomic E-state index is 0.455. The van der Waals surface area contributed by atoms with Gasteiger partial charge in [-0.15, -0.1) is 0 Å². The number of nitrogen functional groups attached to an aromatic ring is 1. The van der Waals surface area contributed by atoms with Crippen molar-refractivity contribution in [3.8, 4) is 6.07 Å². The summed E-state index contributed by atoms with van der Waals surface area (Å²) in [5, 5.41) is 27.0. The van der Waals surface area contributed by atoms with Crippen molar-refractivity contribution in [1.82, 2.24) is 0 Å². The molecule has 0 fully saturated rings. The summed E-state index contributed by atoms with van der Waals surface area (Å²) in [5.74, 6) is 0. The summed E-state index contributed by atoms with van der Waals surface area (Å²) in [6.07, 6.45) is -2.63. The zero-order chi connectivity index (χ0) is 10.7. The predicted octanol–water partition coefficient (Wildman–Crippen LogP) is 0.495. The number of nitrogens with zero attached hydrogens (tertiary/aromatic N) is 1. The van der Waals surface area contributed by atoms with Crippen molar-refractivity contribution in [1.29, 1.82) is 5.26 Å². The van der Waals surface area contributed by atoms with Crippen LogP contribution in [0.3, 0.4) is 0 Å². The minimum Gasteiger partial charge on any atom is -0.399 e. The largest absolute Gasteiger partial charge is 0.399 e. The highest BCUT2D eigenvalue weighted by Gasteiger charge is 2.17. The first-order valence-electron chi connectivity index (χ1n) is 4.17. The van der Waals surface area contributed by atoms with Gasteiger partial charge in [-0.1, -0.05) is 6.07 Å². The molecule has 2 unspecified atom stereocenters. The standard InChI is InChI=1S/C10H12N2O2/c1-6-2-7(4-8(12)3-6)10(14)9(13)5-11/h2-4,9-10,13-14H,12H2,1H3. The number of hydrogen-bond acceptors (Lipinski definition) is 4. The molecule has 0 aliphatic rings. The maximum atomic E-state index is 9.51. The van der Waals surface area contributed by atoms with Crippen LogP contribution in [0.2, 0.25) is 0 Å². The number of nitriles is 1. The van der Waals surface area contributed by atoms with Crippen molar-refractivity contribution >= 4 is 5.69 Å². The van der Waals surface area contributed by atoms with E-state index in [0.717, 1.165) is 5.56 Å². The molecule has 4 nitrogen and oxygen atoms in total. The SMILES string of the molecule is Cc1cc(N)cc(C(O)C(O)C#N)c1. The van der Waals surface area contributed by atoms with Crippen LogP contribution in [-0.2, 0) is 0 Å². The molecule has 0 saturated heterocycles. The van der Waals surface area contributed by atoms with Gasteiger partial charge < -0.3 is 15.9 Å². The molecule has 0 spiro atoms. The Kier molecular flexibility index (Phi) is 3.07. The molecule has 0 aliphatic carbocycles. The van der Waals surface area contributed by atoms with E-state index in [1.807, 2.05) is 6.92 Å². The van der Waals surface area contributed by atoms with Crippen molar-refractivity contribution in [2.45, 2.75) is 19.1 Å². The molecule has 1 rings (SSSR count). The van der Waals surface area contributed by atoms with E-state index in [0.29, 0.717) is 11.3 Å². The van der Waals surface area contributed by atoms with Crippen LogP contribution in [0, 0.1) is 18.3 Å². The van der Waals surface area contributed by atoms with Gasteiger partial charge in [-0.3, -0.25) is 0 Å². The number of rotatable bonds is 2. The van der Waals surface area contributed by atoms with Crippen LogP contribution in [0.5, 0.6) is 0 Å². The molecule has 0 heterocycles. The molecule has 0 aromatic heterocycles. The number of anilines is 1. The normalized spacial score (nSPS) is 14.4. The molecule has 0 saturated carbocycles. The summed E-state index contributed by atoms with van der Waals surface area (Å²) in [6.45, 7) is 1.82. The Morgan fingerprint density at radius 3 is 2.50 bits per heavy atom. The van der Waals surface area contributed by atoms with Gasteiger partial charge in [0, 0.05) is 5.69 Å². The fourth-order valence-electron chi connectivity index (χ4n) is 1.27. The van der Waals surface area contributed by atoms with E-state index >= 15 is 0 Å². The monoisotopic (exact) mass is 192 g/mol. The maximum absolute atomic E-state index is 9.51. The summed E-state index contributed by atoms with van der Waals surface area (Å²) in [6, 6.07) is 6.53. The molecular formula is C10H12N2O2. The molecule has 74 valence electrons. The fraction of sp³-hybridized carbons (Fsp3) is 0.300. The smallest absolute Gasteiger partial charge is 0.170 e. The quantitative estimate of drug-likeness (QED) is 0.470. The van der Waals surface area contributed by atoms with Gasteiger partial charge in [0.25, 0.3) is 0 Å². The summed E-state index contributed by atoms with van der Waals surface area (Å²) in [7, 11) is 0. The Bertz CT molecular complexity index is 351. The third-order valence-electron chi connectivity index (χ3n) is 1.89. The lowest BCUT2D eigenvalue weighted by molar-refractivity contribution is 0.0528. The summed E-state index contributed by atoms with van der Waals surface area (Å²) in [5.41, 5.74) is 7.40. The van der Waals surface area contributed by atoms with Gasteiger partial charge in [-0.25, -0.2) is 0 Å². The van der Waals surface area contributed by atoms with E-state index in [2.05, 4.69) is 0 Å². The van der Waals surface area contributed by atoms with Gasteiger partial charge in [0.05, 0.1) is 6.07 Å². The molecule has 4 heteroatoms. The van der Waals surface area contributed by atoms with Crippen LogP contribution in [0.4, 0.5) is 5.69 Å². The average molecular weight is 192 g/mol. The van der Waals surface area contributed by atoms with Crippen LogP contribution in [-0.4, -0.2) is 16.3 Å². The first-order chi connectivity index (χ1) is 6.54. The summed E-state index contributed by atoms with van der Waals surface area (Å²) >= 11 is 0. The van der Waals surface area contributed by atoms with Gasteiger partial charge in [0.15, 0.2) is 6.10 Å². The Balaban J connectivity index is 3.02. The number of aliphatic hydroxyl groups excluding tert-OH is 2. The molecule has 1 aromatic carbocycles. The lowest BCUT2D eigenvalue weighted by Crippen LogP contribution is -2.16. The van der Waals surface area contributed by atoms with Crippen LogP contribution in [0.15, 0.2) is 18.2 Å². The highest BCUT2D eigenvalue weighted by molar-refractivity contribution is 5.45. The molecule has 2 atom stereocenters. The lowest BCUT2D eigenvalue weighted by atomic mass is 10.0. The van der Waals surface area contributed by atoms with Gasteiger partial charge in [-0.2, -0.15) is 5.26 Å². The summed E-state index contributed by atoms with van der Waals surface area (Å²) in [4.78, 5) is 0. The van der Waals surface area contributed by atoms with Crippen molar-refractivity contribution in [3.63, 3.8) is 0 Å². The van der Waals surface area contributed by atoms with E-state index in [-0.39, 0.29) is 0 Å². The Hall–Kier alpha value is -1.57. The van der Waals surface area contributed by atoms with Gasteiger partial charge in [0.2, 0.25) is 0 Å². The number of aryl methyl sites for hydroxylation is 1. The van der Waals surface area contributed by atoms with Gasteiger partial charge >= 0.3 is 0 Å². The van der Waals surface area contributed by atoms with Crippen LogP contribution in [0.1, 0.15) is 17.2 Å². The molecule has 4 N–H and O–H groups in total. The number of benzene rings is 1.